The lowest BCUT2D eigenvalue weighted by atomic mass is 9.84. The van der Waals surface area contributed by atoms with Crippen LogP contribution in [0.5, 0.6) is 17.2 Å². The van der Waals surface area contributed by atoms with Gasteiger partial charge in [0.15, 0.2) is 5.82 Å². The maximum absolute atomic E-state index is 14.1. The normalized spacial score (nSPS) is 19.0. The summed E-state index contributed by atoms with van der Waals surface area (Å²) in [7, 11) is 0. The van der Waals surface area contributed by atoms with Crippen LogP contribution in [0.3, 0.4) is 0 Å². The Labute approximate surface area is 373 Å². The predicted octanol–water partition coefficient (Wildman–Crippen LogP) is 5.30. The number of esters is 2. The highest BCUT2D eigenvalue weighted by atomic mass is 16.6. The molecule has 4 aliphatic rings. The zero-order chi connectivity index (χ0) is 45.9. The van der Waals surface area contributed by atoms with Crippen LogP contribution in [-0.4, -0.2) is 88.5 Å². The number of piperazine rings is 1. The summed E-state index contributed by atoms with van der Waals surface area (Å²) >= 11 is 0. The lowest BCUT2D eigenvalue weighted by Crippen LogP contribution is -2.49. The van der Waals surface area contributed by atoms with Crippen molar-refractivity contribution < 1.29 is 39.2 Å². The number of hydrogen-bond donors (Lipinski definition) is 5. The highest BCUT2D eigenvalue weighted by molar-refractivity contribution is 5.89. The second kappa shape index (κ2) is 16.8. The second-order valence-electron chi connectivity index (χ2n) is 17.3. The predicted molar refractivity (Wildman–Crippen MR) is 238 cm³/mol. The van der Waals surface area contributed by atoms with Crippen molar-refractivity contribution in [2.24, 2.45) is 0 Å². The number of cyclic esters (lactones) is 1. The van der Waals surface area contributed by atoms with Gasteiger partial charge < -0.3 is 39.6 Å². The van der Waals surface area contributed by atoms with Crippen LogP contribution in [0.4, 0.5) is 5.69 Å². The smallest absolute Gasteiger partial charge is 0.355 e. The fourth-order valence-corrected chi connectivity index (χ4v) is 9.73. The molecule has 1 fully saturated rings. The molecule has 2 aromatic heterocycles. The molecule has 0 saturated carbocycles. The maximum Gasteiger partial charge on any atom is 0.355 e. The summed E-state index contributed by atoms with van der Waals surface area (Å²) in [5.74, 6) is -1.67. The van der Waals surface area contributed by atoms with Crippen molar-refractivity contribution in [2.75, 3.05) is 31.5 Å². The molecule has 5 aromatic rings. The van der Waals surface area contributed by atoms with Gasteiger partial charge in [0.2, 0.25) is 11.5 Å². The number of ether oxygens (including phenoxy) is 2. The number of carbonyl (C=O) groups excluding carboxylic acids is 3. The van der Waals surface area contributed by atoms with Gasteiger partial charge in [-0.3, -0.25) is 19.3 Å². The number of carbonyl (C=O) groups is 3. The molecule has 2 unspecified atom stereocenters. The zero-order valence-corrected chi connectivity index (χ0v) is 36.6. The van der Waals surface area contributed by atoms with Gasteiger partial charge in [-0.2, -0.15) is 5.10 Å². The molecule has 0 radical (unpaired) electrons. The SMILES string of the molecule is CCC1=C2Cn3c(cc4c(c3=O)COC(=O)C4(CC)OC(=O)CCC(=O)N3CCN(Cc4ccc(-n5c(-c6cc(C(C)C)c(O)cc6O)n[nH]c5=O)cc4)CC3)C2Nc2ccc(O)cc21. The Balaban J connectivity index is 0.826. The summed E-state index contributed by atoms with van der Waals surface area (Å²) in [6.07, 6.45) is 0.292. The number of nitrogens with zero attached hydrogens (tertiary/aromatic N) is 5. The first-order chi connectivity index (χ1) is 31.2. The summed E-state index contributed by atoms with van der Waals surface area (Å²) in [6.45, 7) is 10.3. The molecular weight excluding hydrogens is 835 g/mol. The summed E-state index contributed by atoms with van der Waals surface area (Å²) in [6, 6.07) is 16.8. The minimum atomic E-state index is -1.87. The van der Waals surface area contributed by atoms with Crippen molar-refractivity contribution in [3.05, 3.63) is 121 Å². The Morgan fingerprint density at radius 2 is 1.68 bits per heavy atom. The van der Waals surface area contributed by atoms with E-state index in [-0.39, 0.29) is 77.9 Å². The van der Waals surface area contributed by atoms with Crippen LogP contribution in [0.15, 0.2) is 75.8 Å². The molecule has 65 heavy (non-hydrogen) atoms. The molecule has 1 saturated heterocycles. The van der Waals surface area contributed by atoms with Crippen LogP contribution >= 0.6 is 0 Å². The summed E-state index contributed by atoms with van der Waals surface area (Å²) in [5.41, 5.74) is 4.62. The first-order valence-corrected chi connectivity index (χ1v) is 22.0. The first-order valence-electron chi connectivity index (χ1n) is 22.0. The number of rotatable bonds is 11. The van der Waals surface area contributed by atoms with Crippen LogP contribution in [-0.2, 0) is 49.2 Å². The molecule has 4 aliphatic heterocycles. The first kappa shape index (κ1) is 43.1. The van der Waals surface area contributed by atoms with E-state index in [4.69, 9.17) is 9.47 Å². The number of amides is 1. The van der Waals surface area contributed by atoms with Crippen LogP contribution in [0, 0.1) is 0 Å². The Morgan fingerprint density at radius 3 is 2.38 bits per heavy atom. The molecule has 9 rings (SSSR count). The number of aromatic hydroxyl groups is 3. The highest BCUT2D eigenvalue weighted by Gasteiger charge is 2.51. The minimum absolute atomic E-state index is 0.0155. The number of H-pyrrole nitrogens is 1. The Hall–Kier alpha value is -7.14. The van der Waals surface area contributed by atoms with Crippen molar-refractivity contribution in [3.63, 3.8) is 0 Å². The van der Waals surface area contributed by atoms with Crippen molar-refractivity contribution in [1.29, 1.82) is 0 Å². The van der Waals surface area contributed by atoms with Crippen LogP contribution in [0.2, 0.25) is 0 Å². The number of fused-ring (bicyclic) bond motifs is 5. The average molecular weight is 886 g/mol. The molecule has 0 aliphatic carbocycles. The van der Waals surface area contributed by atoms with Crippen molar-refractivity contribution in [2.45, 2.75) is 90.6 Å². The summed E-state index contributed by atoms with van der Waals surface area (Å²) in [4.78, 5) is 71.5. The Morgan fingerprint density at radius 1 is 0.923 bits per heavy atom. The molecule has 2 atom stereocenters. The van der Waals surface area contributed by atoms with Crippen LogP contribution in [0.1, 0.15) is 98.8 Å². The van der Waals surface area contributed by atoms with E-state index in [1.54, 1.807) is 58.9 Å². The largest absolute Gasteiger partial charge is 0.508 e. The molecule has 1 amide bonds. The summed E-state index contributed by atoms with van der Waals surface area (Å²) in [5, 5.41) is 41.4. The van der Waals surface area contributed by atoms with Gasteiger partial charge in [0.05, 0.1) is 29.3 Å². The van der Waals surface area contributed by atoms with Gasteiger partial charge in [-0.1, -0.05) is 39.8 Å². The number of aromatic amines is 1. The number of nitrogens with one attached hydrogen (secondary N) is 2. The molecule has 0 spiro atoms. The fourth-order valence-electron chi connectivity index (χ4n) is 9.73. The van der Waals surface area contributed by atoms with E-state index in [9.17, 15) is 39.3 Å². The highest BCUT2D eigenvalue weighted by Crippen LogP contribution is 2.48. The van der Waals surface area contributed by atoms with Crippen molar-refractivity contribution in [3.8, 4) is 34.3 Å². The third-order valence-electron chi connectivity index (χ3n) is 13.2. The van der Waals surface area contributed by atoms with E-state index in [1.807, 2.05) is 32.9 Å². The Kier molecular flexibility index (Phi) is 11.1. The van der Waals surface area contributed by atoms with Gasteiger partial charge >= 0.3 is 17.6 Å². The molecular formula is C48H51N7O10. The standard InChI is InChI=1S/C48H51N7O10/c1-5-30-32-19-29(56)11-12-37(32)49-43-34(30)24-54-38(43)21-36-35(45(54)61)25-64-46(62)48(36,6-2)65-42(60)14-13-41(59)53-17-15-52(16-18-53)23-27-7-9-28(10-8-27)55-44(50-51-47(55)63)33-20-31(26(3)4)39(57)22-40(33)58/h7-12,19-22,26,43,49,56-58H,5-6,13-18,23-25H2,1-4H3,(H,51,63). The minimum Gasteiger partial charge on any atom is -0.508 e. The molecule has 0 bridgehead atoms. The zero-order valence-electron chi connectivity index (χ0n) is 36.6. The third-order valence-corrected chi connectivity index (χ3v) is 13.2. The van der Waals surface area contributed by atoms with Gasteiger partial charge in [0.1, 0.15) is 23.9 Å². The van der Waals surface area contributed by atoms with Gasteiger partial charge in [0, 0.05) is 74.3 Å². The average Bonchev–Trinajstić information content (AvgIpc) is 3.86. The number of pyridine rings is 1. The number of phenols is 3. The Bertz CT molecular complexity index is 2900. The third kappa shape index (κ3) is 7.52. The molecule has 5 N–H and O–H groups in total. The lowest BCUT2D eigenvalue weighted by molar-refractivity contribution is -0.189. The van der Waals surface area contributed by atoms with Crippen LogP contribution in [0.25, 0.3) is 22.6 Å². The number of aromatic nitrogens is 4. The quantitative estimate of drug-likeness (QED) is 0.0841. The van der Waals surface area contributed by atoms with Gasteiger partial charge in [-0.15, -0.1) is 0 Å². The maximum atomic E-state index is 14.1. The molecule has 17 heteroatoms. The summed E-state index contributed by atoms with van der Waals surface area (Å²) < 4.78 is 14.5. The van der Waals surface area contributed by atoms with Gasteiger partial charge in [0.25, 0.3) is 5.56 Å². The molecule has 17 nitrogen and oxygen atoms in total. The fraction of sp³-hybridized carbons (Fsp3) is 0.375. The number of anilines is 1. The van der Waals surface area contributed by atoms with Crippen LogP contribution < -0.4 is 16.6 Å². The number of allylic oxidation sites excluding steroid dienone is 1. The molecule has 338 valence electrons. The number of benzene rings is 3. The van der Waals surface area contributed by atoms with E-state index in [0.717, 1.165) is 28.0 Å². The van der Waals surface area contributed by atoms with E-state index in [1.165, 1.54) is 10.6 Å². The number of hydrogen-bond acceptors (Lipinski definition) is 13. The topological polar surface area (TPSA) is 222 Å². The number of phenolic OH excluding ortho intramolecular Hbond substituents is 3. The lowest BCUT2D eigenvalue weighted by Gasteiger charge is -2.36. The molecule has 6 heterocycles. The van der Waals surface area contributed by atoms with Gasteiger partial charge in [-0.25, -0.2) is 19.3 Å². The van der Waals surface area contributed by atoms with E-state index in [0.29, 0.717) is 73.8 Å². The second-order valence-corrected chi connectivity index (χ2v) is 17.3. The van der Waals surface area contributed by atoms with E-state index >= 15 is 0 Å². The van der Waals surface area contributed by atoms with Gasteiger partial charge in [-0.05, 0) is 83.5 Å². The monoisotopic (exact) mass is 885 g/mol. The van der Waals surface area contributed by atoms with E-state index < -0.39 is 23.2 Å². The molecule has 3 aromatic carbocycles. The van der Waals surface area contributed by atoms with Crippen molar-refractivity contribution >= 4 is 29.1 Å². The van der Waals surface area contributed by atoms with E-state index in [2.05, 4.69) is 20.4 Å². The van der Waals surface area contributed by atoms with Crippen molar-refractivity contribution in [1.82, 2.24) is 29.1 Å².